The molecular weight excluding hydrogens is 278 g/mol. The van der Waals surface area contributed by atoms with Gasteiger partial charge in [0.15, 0.2) is 0 Å². The van der Waals surface area contributed by atoms with Gasteiger partial charge in [0.05, 0.1) is 0 Å². The predicted molar refractivity (Wildman–Crippen MR) is 83.2 cm³/mol. The summed E-state index contributed by atoms with van der Waals surface area (Å²) in [6, 6.07) is 2.07. The van der Waals surface area contributed by atoms with E-state index in [1.54, 1.807) is 23.1 Å². The summed E-state index contributed by atoms with van der Waals surface area (Å²) < 4.78 is 0. The van der Waals surface area contributed by atoms with Gasteiger partial charge in [0.2, 0.25) is 5.95 Å². The molecule has 0 aliphatic carbocycles. The molecular formula is C13H19N3OS2. The second kappa shape index (κ2) is 7.07. The first-order valence-electron chi connectivity index (χ1n) is 6.47. The zero-order valence-corrected chi connectivity index (χ0v) is 12.9. The monoisotopic (exact) mass is 297 g/mol. The molecule has 0 amide bonds. The zero-order chi connectivity index (χ0) is 13.7. The highest BCUT2D eigenvalue weighted by atomic mass is 32.2. The topological polar surface area (TPSA) is 58.0 Å². The van der Waals surface area contributed by atoms with Gasteiger partial charge in [-0.25, -0.2) is 9.97 Å². The molecule has 0 aromatic carbocycles. The number of hydrogen-bond donors (Lipinski definition) is 2. The molecule has 0 bridgehead atoms. The molecule has 4 nitrogen and oxygen atoms in total. The molecule has 1 unspecified atom stereocenters. The number of aliphatic hydroxyl groups excluding tert-OH is 1. The Morgan fingerprint density at radius 1 is 1.47 bits per heavy atom. The van der Waals surface area contributed by atoms with Crippen LogP contribution in [0.2, 0.25) is 0 Å². The number of rotatable bonds is 7. The van der Waals surface area contributed by atoms with E-state index in [-0.39, 0.29) is 12.5 Å². The molecule has 0 aliphatic heterocycles. The first kappa shape index (κ1) is 14.6. The number of aromatic nitrogens is 2. The lowest BCUT2D eigenvalue weighted by molar-refractivity contribution is 0.250. The van der Waals surface area contributed by atoms with E-state index in [0.717, 1.165) is 34.0 Å². The molecule has 0 radical (unpaired) electrons. The van der Waals surface area contributed by atoms with Gasteiger partial charge in [0.25, 0.3) is 0 Å². The van der Waals surface area contributed by atoms with Crippen molar-refractivity contribution < 1.29 is 5.11 Å². The Hall–Kier alpha value is -0.850. The van der Waals surface area contributed by atoms with Crippen LogP contribution in [0, 0.1) is 5.92 Å². The second-order valence-corrected chi connectivity index (χ2v) is 6.42. The first-order chi connectivity index (χ1) is 9.24. The number of thioether (sulfide) groups is 1. The van der Waals surface area contributed by atoms with E-state index in [4.69, 9.17) is 5.11 Å². The standard InChI is InChI=1S/C13H19N3OS2/c1-3-5-14-13-15-11-10(4-6-18-11)12(16-13)19-8-9(2)7-17/h4,6,9,17H,3,5,7-8H2,1-2H3,(H,14,15,16). The molecule has 6 heteroatoms. The Balaban J connectivity index is 2.21. The van der Waals surface area contributed by atoms with E-state index in [9.17, 15) is 0 Å². The maximum Gasteiger partial charge on any atom is 0.225 e. The number of nitrogens with zero attached hydrogens (tertiary/aromatic N) is 2. The summed E-state index contributed by atoms with van der Waals surface area (Å²) in [5.74, 6) is 1.85. The summed E-state index contributed by atoms with van der Waals surface area (Å²) in [6.45, 7) is 5.25. The Labute approximate surface area is 121 Å². The average molecular weight is 297 g/mol. The van der Waals surface area contributed by atoms with Crippen molar-refractivity contribution in [3.8, 4) is 0 Å². The Morgan fingerprint density at radius 2 is 2.32 bits per heavy atom. The minimum Gasteiger partial charge on any atom is -0.396 e. The minimum absolute atomic E-state index is 0.214. The molecule has 104 valence electrons. The molecule has 0 spiro atoms. The number of fused-ring (bicyclic) bond motifs is 1. The van der Waals surface area contributed by atoms with Crippen LogP contribution in [-0.4, -0.2) is 34.0 Å². The molecule has 2 aromatic heterocycles. The van der Waals surface area contributed by atoms with Crippen LogP contribution in [0.4, 0.5) is 5.95 Å². The maximum absolute atomic E-state index is 9.10. The SMILES string of the molecule is CCCNc1nc(SCC(C)CO)c2ccsc2n1. The summed E-state index contributed by atoms with van der Waals surface area (Å²) >= 11 is 3.33. The first-order valence-corrected chi connectivity index (χ1v) is 8.34. The zero-order valence-electron chi connectivity index (χ0n) is 11.2. The van der Waals surface area contributed by atoms with E-state index in [0.29, 0.717) is 5.95 Å². The smallest absolute Gasteiger partial charge is 0.225 e. The van der Waals surface area contributed by atoms with Gasteiger partial charge in [-0.05, 0) is 23.8 Å². The quantitative estimate of drug-likeness (QED) is 0.607. The van der Waals surface area contributed by atoms with Gasteiger partial charge in [-0.2, -0.15) is 0 Å². The van der Waals surface area contributed by atoms with Gasteiger partial charge in [-0.3, -0.25) is 0 Å². The van der Waals surface area contributed by atoms with Crippen molar-refractivity contribution in [2.45, 2.75) is 25.3 Å². The Bertz CT molecular complexity index is 530. The molecule has 2 rings (SSSR count). The molecule has 2 N–H and O–H groups in total. The van der Waals surface area contributed by atoms with Gasteiger partial charge in [-0.15, -0.1) is 23.1 Å². The van der Waals surface area contributed by atoms with Gasteiger partial charge in [0, 0.05) is 24.3 Å². The van der Waals surface area contributed by atoms with Crippen LogP contribution >= 0.6 is 23.1 Å². The largest absolute Gasteiger partial charge is 0.396 e. The van der Waals surface area contributed by atoms with Crippen LogP contribution in [0.1, 0.15) is 20.3 Å². The van der Waals surface area contributed by atoms with E-state index in [1.807, 2.05) is 12.3 Å². The van der Waals surface area contributed by atoms with Crippen molar-refractivity contribution in [1.82, 2.24) is 9.97 Å². The lowest BCUT2D eigenvalue weighted by atomic mass is 10.2. The van der Waals surface area contributed by atoms with Crippen molar-refractivity contribution >= 4 is 39.3 Å². The Morgan fingerprint density at radius 3 is 3.05 bits per heavy atom. The van der Waals surface area contributed by atoms with Crippen molar-refractivity contribution in [2.24, 2.45) is 5.92 Å². The minimum atomic E-state index is 0.214. The van der Waals surface area contributed by atoms with Crippen molar-refractivity contribution in [1.29, 1.82) is 0 Å². The van der Waals surface area contributed by atoms with E-state index < -0.39 is 0 Å². The number of thiophene rings is 1. The average Bonchev–Trinajstić information content (AvgIpc) is 2.90. The molecule has 1 atom stereocenters. The number of hydrogen-bond acceptors (Lipinski definition) is 6. The number of anilines is 1. The number of aliphatic hydroxyl groups is 1. The van der Waals surface area contributed by atoms with Crippen LogP contribution in [0.5, 0.6) is 0 Å². The summed E-state index contributed by atoms with van der Waals surface area (Å²) in [5.41, 5.74) is 0. The van der Waals surface area contributed by atoms with Gasteiger partial charge in [-0.1, -0.05) is 13.8 Å². The third kappa shape index (κ3) is 3.81. The third-order valence-electron chi connectivity index (χ3n) is 2.64. The fourth-order valence-corrected chi connectivity index (χ4v) is 3.38. The molecule has 0 saturated heterocycles. The van der Waals surface area contributed by atoms with Crippen molar-refractivity contribution in [2.75, 3.05) is 24.2 Å². The normalized spacial score (nSPS) is 12.8. The van der Waals surface area contributed by atoms with Crippen molar-refractivity contribution in [3.63, 3.8) is 0 Å². The fourth-order valence-electron chi connectivity index (χ4n) is 1.53. The summed E-state index contributed by atoms with van der Waals surface area (Å²) in [5, 5.41) is 16.5. The van der Waals surface area contributed by atoms with Crippen molar-refractivity contribution in [3.05, 3.63) is 11.4 Å². The fraction of sp³-hybridized carbons (Fsp3) is 0.538. The third-order valence-corrected chi connectivity index (χ3v) is 4.77. The summed E-state index contributed by atoms with van der Waals surface area (Å²) in [4.78, 5) is 10.1. The van der Waals surface area contributed by atoms with Crippen LogP contribution in [0.25, 0.3) is 10.2 Å². The van der Waals surface area contributed by atoms with Crippen LogP contribution in [0.3, 0.4) is 0 Å². The molecule has 19 heavy (non-hydrogen) atoms. The van der Waals surface area contributed by atoms with Gasteiger partial charge >= 0.3 is 0 Å². The lowest BCUT2D eigenvalue weighted by Crippen LogP contribution is -2.06. The van der Waals surface area contributed by atoms with Gasteiger partial charge < -0.3 is 10.4 Å². The van der Waals surface area contributed by atoms with Crippen LogP contribution < -0.4 is 5.32 Å². The highest BCUT2D eigenvalue weighted by molar-refractivity contribution is 7.99. The second-order valence-electron chi connectivity index (χ2n) is 4.52. The lowest BCUT2D eigenvalue weighted by Gasteiger charge is -2.09. The van der Waals surface area contributed by atoms with Crippen LogP contribution in [-0.2, 0) is 0 Å². The van der Waals surface area contributed by atoms with E-state index in [2.05, 4.69) is 28.3 Å². The highest BCUT2D eigenvalue weighted by Crippen LogP contribution is 2.30. The van der Waals surface area contributed by atoms with E-state index >= 15 is 0 Å². The molecule has 0 aliphatic rings. The maximum atomic E-state index is 9.10. The predicted octanol–water partition coefficient (Wildman–Crippen LogP) is 3.23. The van der Waals surface area contributed by atoms with E-state index in [1.165, 1.54) is 0 Å². The molecule has 2 heterocycles. The summed E-state index contributed by atoms with van der Waals surface area (Å²) in [6.07, 6.45) is 1.05. The Kier molecular flexibility index (Phi) is 5.42. The summed E-state index contributed by atoms with van der Waals surface area (Å²) in [7, 11) is 0. The molecule has 0 saturated carbocycles. The van der Waals surface area contributed by atoms with Crippen LogP contribution in [0.15, 0.2) is 16.5 Å². The number of nitrogens with one attached hydrogen (secondary N) is 1. The molecule has 0 fully saturated rings. The molecule has 2 aromatic rings. The highest BCUT2D eigenvalue weighted by Gasteiger charge is 2.10. The van der Waals surface area contributed by atoms with Gasteiger partial charge in [0.1, 0.15) is 9.86 Å².